The fraction of sp³-hybridized carbons (Fsp3) is 0.806. The van der Waals surface area contributed by atoms with Gasteiger partial charge in [0.05, 0.1) is 49.7 Å². The summed E-state index contributed by atoms with van der Waals surface area (Å²) in [4.78, 5) is 24.6. The van der Waals surface area contributed by atoms with E-state index in [1.165, 1.54) is 7.11 Å². The Morgan fingerprint density at radius 2 is 1.90 bits per heavy atom. The minimum atomic E-state index is -0.766. The minimum absolute atomic E-state index is 0.0565. The van der Waals surface area contributed by atoms with Crippen LogP contribution in [0, 0.1) is 17.8 Å². The molecule has 0 aromatic heterocycles. The van der Waals surface area contributed by atoms with Crippen molar-refractivity contribution >= 4 is 11.9 Å². The number of epoxide rings is 1. The second kappa shape index (κ2) is 16.0. The van der Waals surface area contributed by atoms with Gasteiger partial charge in [-0.05, 0) is 70.3 Å². The number of amides is 1. The van der Waals surface area contributed by atoms with Crippen molar-refractivity contribution in [3.63, 3.8) is 0 Å². The van der Waals surface area contributed by atoms with E-state index in [2.05, 4.69) is 58.2 Å². The van der Waals surface area contributed by atoms with Gasteiger partial charge in [-0.25, -0.2) is 4.79 Å². The molecule has 2 fully saturated rings. The number of hydrogen-bond donors (Lipinski definition) is 3. The highest BCUT2D eigenvalue weighted by molar-refractivity contribution is 5.84. The van der Waals surface area contributed by atoms with Crippen molar-refractivity contribution in [1.29, 1.82) is 0 Å². The van der Waals surface area contributed by atoms with Crippen molar-refractivity contribution in [1.82, 2.24) is 5.32 Å². The first-order chi connectivity index (χ1) is 18.9. The van der Waals surface area contributed by atoms with E-state index in [0.29, 0.717) is 24.7 Å². The lowest BCUT2D eigenvalue weighted by Crippen LogP contribution is -2.44. The number of aliphatic hydroxyl groups is 2. The van der Waals surface area contributed by atoms with Gasteiger partial charge in [0.2, 0.25) is 5.91 Å². The molecule has 40 heavy (non-hydrogen) atoms. The monoisotopic (exact) mass is 567 g/mol. The zero-order valence-electron chi connectivity index (χ0n) is 25.7. The summed E-state index contributed by atoms with van der Waals surface area (Å²) in [6.07, 6.45) is 8.79. The molecule has 0 saturated carbocycles. The fourth-order valence-corrected chi connectivity index (χ4v) is 6.17. The average molecular weight is 568 g/mol. The number of carbonyl (C=O) groups is 2. The van der Waals surface area contributed by atoms with E-state index in [0.717, 1.165) is 24.8 Å². The van der Waals surface area contributed by atoms with E-state index in [1.807, 2.05) is 0 Å². The van der Waals surface area contributed by atoms with Crippen LogP contribution in [-0.2, 0) is 28.5 Å². The van der Waals surface area contributed by atoms with Crippen molar-refractivity contribution < 1.29 is 38.7 Å². The van der Waals surface area contributed by atoms with Gasteiger partial charge in [-0.2, -0.15) is 0 Å². The van der Waals surface area contributed by atoms with Crippen molar-refractivity contribution in [2.75, 3.05) is 20.8 Å². The predicted octanol–water partition coefficient (Wildman–Crippen LogP) is 3.71. The van der Waals surface area contributed by atoms with Crippen LogP contribution in [0.15, 0.2) is 23.8 Å². The van der Waals surface area contributed by atoms with Gasteiger partial charge in [0.25, 0.3) is 0 Å². The summed E-state index contributed by atoms with van der Waals surface area (Å²) in [5.74, 6) is -0.0364. The Kier molecular flexibility index (Phi) is 13.8. The summed E-state index contributed by atoms with van der Waals surface area (Å²) < 4.78 is 22.7. The Hall–Kier alpha value is -1.78. The Morgan fingerprint density at radius 1 is 1.20 bits per heavy atom. The molecule has 9 nitrogen and oxygen atoms in total. The molecule has 2 aliphatic heterocycles. The molecule has 0 aromatic rings. The highest BCUT2D eigenvalue weighted by atomic mass is 16.6. The molecule has 1 amide bonds. The molecule has 0 radical (unpaired) electrons. The first kappa shape index (κ1) is 34.4. The van der Waals surface area contributed by atoms with Crippen molar-refractivity contribution in [2.24, 2.45) is 17.8 Å². The van der Waals surface area contributed by atoms with Crippen molar-refractivity contribution in [3.05, 3.63) is 23.8 Å². The topological polar surface area (TPSA) is 127 Å². The number of allylic oxidation sites excluding steroid dienone is 3. The van der Waals surface area contributed by atoms with Gasteiger partial charge in [0.1, 0.15) is 6.04 Å². The Morgan fingerprint density at radius 3 is 2.50 bits per heavy atom. The quantitative estimate of drug-likeness (QED) is 0.146. The zero-order valence-corrected chi connectivity index (χ0v) is 25.7. The summed E-state index contributed by atoms with van der Waals surface area (Å²) in [6.45, 7) is 12.3. The minimum Gasteiger partial charge on any atom is -0.467 e. The number of esters is 1. The number of nitrogens with one attached hydrogen (secondary N) is 1. The van der Waals surface area contributed by atoms with Crippen LogP contribution in [0.4, 0.5) is 0 Å². The highest BCUT2D eigenvalue weighted by Gasteiger charge is 2.56. The first-order valence-electron chi connectivity index (χ1n) is 14.7. The molecular formula is C31H53NO8. The molecule has 2 aliphatic rings. The molecule has 1 unspecified atom stereocenters. The van der Waals surface area contributed by atoms with Crippen molar-refractivity contribution in [3.8, 4) is 0 Å². The lowest BCUT2D eigenvalue weighted by atomic mass is 9.85. The molecule has 0 aromatic carbocycles. The molecule has 0 bridgehead atoms. The summed E-state index contributed by atoms with van der Waals surface area (Å²) >= 11 is 0. The fourth-order valence-electron chi connectivity index (χ4n) is 6.17. The van der Waals surface area contributed by atoms with Gasteiger partial charge in [0, 0.05) is 19.6 Å². The third kappa shape index (κ3) is 9.94. The van der Waals surface area contributed by atoms with E-state index in [4.69, 9.17) is 24.1 Å². The van der Waals surface area contributed by atoms with Crippen LogP contribution in [0.1, 0.15) is 80.1 Å². The predicted molar refractivity (Wildman–Crippen MR) is 154 cm³/mol. The van der Waals surface area contributed by atoms with E-state index < -0.39 is 18.1 Å². The summed E-state index contributed by atoms with van der Waals surface area (Å²) in [7, 11) is 2.91. The van der Waals surface area contributed by atoms with Crippen LogP contribution in [0.5, 0.6) is 0 Å². The Labute approximate surface area is 240 Å². The molecule has 0 aliphatic carbocycles. The van der Waals surface area contributed by atoms with E-state index >= 15 is 0 Å². The van der Waals surface area contributed by atoms with Crippen molar-refractivity contribution in [2.45, 2.75) is 122 Å². The number of aliphatic hydroxyl groups excluding tert-OH is 2. The molecule has 3 N–H and O–H groups in total. The lowest BCUT2D eigenvalue weighted by Gasteiger charge is -2.35. The third-order valence-corrected chi connectivity index (χ3v) is 8.34. The van der Waals surface area contributed by atoms with Gasteiger partial charge >= 0.3 is 5.97 Å². The van der Waals surface area contributed by atoms with Gasteiger partial charge in [0.15, 0.2) is 0 Å². The molecule has 0 spiro atoms. The second-order valence-electron chi connectivity index (χ2n) is 12.1. The number of carbonyl (C=O) groups excluding carboxylic acids is 2. The molecule has 10 atom stereocenters. The van der Waals surface area contributed by atoms with Crippen LogP contribution >= 0.6 is 0 Å². The van der Waals surface area contributed by atoms with Crippen LogP contribution in [0.25, 0.3) is 0 Å². The zero-order chi connectivity index (χ0) is 30.0. The lowest BCUT2D eigenvalue weighted by molar-refractivity contribution is -0.146. The second-order valence-corrected chi connectivity index (χ2v) is 12.1. The number of methoxy groups -OCH3 is 2. The van der Waals surface area contributed by atoms with E-state index in [1.54, 1.807) is 14.0 Å². The maximum Gasteiger partial charge on any atom is 0.328 e. The molecular weight excluding hydrogens is 514 g/mol. The van der Waals surface area contributed by atoms with E-state index in [9.17, 15) is 14.7 Å². The van der Waals surface area contributed by atoms with Gasteiger partial charge < -0.3 is 34.5 Å². The first-order valence-corrected chi connectivity index (χ1v) is 14.7. The Balaban J connectivity index is 1.90. The third-order valence-electron chi connectivity index (χ3n) is 8.34. The normalized spacial score (nSPS) is 30.8. The van der Waals surface area contributed by atoms with Gasteiger partial charge in [-0.3, -0.25) is 4.79 Å². The molecule has 2 heterocycles. The SMILES string of the molecule is COC(=O)[C@H](CCCO)NC(=O)C[C@H]1CC[C@H](C)[C@@H](/C(C)=C/C=C/[C@@H](C)CC2(C)O[C@@H]2[C@H](C)[C@@H](OC)[C@@H](C)O)O1. The standard InChI is InChI=1S/C31H53NO8/c1-19(18-31(6)29(40-31)22(4)28(37-7)23(5)34)11-9-12-20(2)27-21(3)14-15-24(39-27)17-26(35)32-25(13-10-16-33)30(36)38-8/h9,11-12,19,21-25,27-29,33-34H,10,13-18H2,1-8H3,(H,32,35)/b11-9+,20-12+/t19-,21+,22-,23-,24-,25+,27-,28-,29-,31?/m1/s1. The molecule has 230 valence electrons. The average Bonchev–Trinajstić information content (AvgIpc) is 3.57. The number of rotatable bonds is 16. The van der Waals surface area contributed by atoms with Gasteiger partial charge in [-0.15, -0.1) is 0 Å². The van der Waals surface area contributed by atoms with E-state index in [-0.39, 0.29) is 54.9 Å². The summed E-state index contributed by atoms with van der Waals surface area (Å²) in [6, 6.07) is -0.766. The molecule has 2 saturated heterocycles. The summed E-state index contributed by atoms with van der Waals surface area (Å²) in [5.41, 5.74) is 0.879. The summed E-state index contributed by atoms with van der Waals surface area (Å²) in [5, 5.41) is 21.8. The molecule has 9 heteroatoms. The van der Waals surface area contributed by atoms with Gasteiger partial charge in [-0.1, -0.05) is 39.0 Å². The maximum atomic E-state index is 12.7. The smallest absolute Gasteiger partial charge is 0.328 e. The number of ether oxygens (including phenoxy) is 4. The van der Waals surface area contributed by atoms with Crippen LogP contribution in [0.2, 0.25) is 0 Å². The molecule has 2 rings (SSSR count). The van der Waals surface area contributed by atoms with Crippen LogP contribution < -0.4 is 5.32 Å². The van der Waals surface area contributed by atoms with Crippen LogP contribution in [0.3, 0.4) is 0 Å². The maximum absolute atomic E-state index is 12.7. The highest BCUT2D eigenvalue weighted by Crippen LogP contribution is 2.47. The number of hydrogen-bond acceptors (Lipinski definition) is 8. The Bertz CT molecular complexity index is 873. The largest absolute Gasteiger partial charge is 0.467 e. The van der Waals surface area contributed by atoms with Crippen LogP contribution in [-0.4, -0.2) is 85.1 Å².